The van der Waals surface area contributed by atoms with Crippen LogP contribution in [0.15, 0.2) is 24.3 Å². The molecule has 1 aliphatic heterocycles. The molecule has 126 valence electrons. The van der Waals surface area contributed by atoms with Gasteiger partial charge in [-0.1, -0.05) is 51.0 Å². The minimum absolute atomic E-state index is 0.268. The van der Waals surface area contributed by atoms with Gasteiger partial charge in [0.1, 0.15) is 0 Å². The van der Waals surface area contributed by atoms with E-state index in [1.54, 1.807) is 0 Å². The van der Waals surface area contributed by atoms with Gasteiger partial charge >= 0.3 is 0 Å². The highest BCUT2D eigenvalue weighted by Crippen LogP contribution is 2.43. The van der Waals surface area contributed by atoms with Crippen LogP contribution in [0, 0.1) is 0 Å². The number of piperidine rings is 1. The number of nitrogens with zero attached hydrogens (tertiary/aromatic N) is 1. The molecule has 2 aliphatic rings. The van der Waals surface area contributed by atoms with Gasteiger partial charge in [-0.3, -0.25) is 4.79 Å². The fourth-order valence-electron chi connectivity index (χ4n) is 4.20. The van der Waals surface area contributed by atoms with E-state index in [1.165, 1.54) is 11.1 Å². The summed E-state index contributed by atoms with van der Waals surface area (Å²) in [6.07, 6.45) is 6.18. The first-order valence-electron chi connectivity index (χ1n) is 9.18. The summed E-state index contributed by atoms with van der Waals surface area (Å²) >= 11 is 0. The normalized spacial score (nSPS) is 21.8. The van der Waals surface area contributed by atoms with Gasteiger partial charge in [0.05, 0.1) is 5.41 Å². The molecule has 3 nitrogen and oxygen atoms in total. The number of nitrogens with two attached hydrogens (primary N) is 1. The number of rotatable bonds is 3. The quantitative estimate of drug-likeness (QED) is 0.927. The van der Waals surface area contributed by atoms with Gasteiger partial charge in [0, 0.05) is 19.1 Å². The summed E-state index contributed by atoms with van der Waals surface area (Å²) in [7, 11) is 0. The van der Waals surface area contributed by atoms with Crippen LogP contribution in [-0.2, 0) is 10.2 Å². The van der Waals surface area contributed by atoms with Crippen LogP contribution in [0.25, 0.3) is 0 Å². The van der Waals surface area contributed by atoms with Gasteiger partial charge in [-0.25, -0.2) is 0 Å². The maximum atomic E-state index is 13.3. The minimum Gasteiger partial charge on any atom is -0.342 e. The van der Waals surface area contributed by atoms with Crippen molar-refractivity contribution in [3.63, 3.8) is 0 Å². The van der Waals surface area contributed by atoms with Crippen LogP contribution in [0.3, 0.4) is 0 Å². The molecule has 1 saturated heterocycles. The van der Waals surface area contributed by atoms with Gasteiger partial charge < -0.3 is 10.6 Å². The Labute approximate surface area is 140 Å². The molecule has 1 amide bonds. The van der Waals surface area contributed by atoms with Crippen molar-refractivity contribution in [3.8, 4) is 0 Å². The van der Waals surface area contributed by atoms with E-state index in [2.05, 4.69) is 43.0 Å². The highest BCUT2D eigenvalue weighted by atomic mass is 16.2. The van der Waals surface area contributed by atoms with Gasteiger partial charge in [-0.2, -0.15) is 0 Å². The average molecular weight is 314 g/mol. The van der Waals surface area contributed by atoms with Crippen molar-refractivity contribution in [1.82, 2.24) is 4.90 Å². The summed E-state index contributed by atoms with van der Waals surface area (Å²) < 4.78 is 0. The number of benzene rings is 1. The van der Waals surface area contributed by atoms with E-state index in [0.29, 0.717) is 11.8 Å². The van der Waals surface area contributed by atoms with Gasteiger partial charge in [0.2, 0.25) is 5.91 Å². The summed E-state index contributed by atoms with van der Waals surface area (Å²) in [5, 5.41) is 0. The molecule has 2 N–H and O–H groups in total. The highest BCUT2D eigenvalue weighted by Gasteiger charge is 2.45. The van der Waals surface area contributed by atoms with Crippen LogP contribution in [0.2, 0.25) is 0 Å². The Morgan fingerprint density at radius 3 is 2.22 bits per heavy atom. The summed E-state index contributed by atoms with van der Waals surface area (Å²) in [4.78, 5) is 15.4. The molecule has 1 aromatic carbocycles. The number of carbonyl (C=O) groups excluding carboxylic acids is 1. The first kappa shape index (κ1) is 16.5. The Bertz CT molecular complexity index is 535. The largest absolute Gasteiger partial charge is 0.342 e. The Hall–Kier alpha value is -1.35. The van der Waals surface area contributed by atoms with Crippen LogP contribution in [0.4, 0.5) is 0 Å². The molecule has 0 aromatic heterocycles. The molecule has 0 bridgehead atoms. The zero-order valence-corrected chi connectivity index (χ0v) is 14.6. The molecular formula is C20H30N2O. The second kappa shape index (κ2) is 6.64. The molecular weight excluding hydrogens is 284 g/mol. The maximum absolute atomic E-state index is 13.3. The van der Waals surface area contributed by atoms with Crippen molar-refractivity contribution >= 4 is 5.91 Å². The highest BCUT2D eigenvalue weighted by molar-refractivity contribution is 5.88. The van der Waals surface area contributed by atoms with Crippen LogP contribution >= 0.6 is 0 Å². The van der Waals surface area contributed by atoms with E-state index >= 15 is 0 Å². The van der Waals surface area contributed by atoms with Crippen LogP contribution in [0.5, 0.6) is 0 Å². The summed E-state index contributed by atoms with van der Waals surface area (Å²) in [5.41, 5.74) is 8.29. The van der Waals surface area contributed by atoms with Gasteiger partial charge in [0.15, 0.2) is 0 Å². The van der Waals surface area contributed by atoms with E-state index in [-0.39, 0.29) is 11.5 Å². The molecule has 1 aromatic rings. The van der Waals surface area contributed by atoms with Crippen molar-refractivity contribution in [2.24, 2.45) is 5.73 Å². The second-order valence-electron chi connectivity index (χ2n) is 7.70. The maximum Gasteiger partial charge on any atom is 0.233 e. The molecule has 3 rings (SSSR count). The Morgan fingerprint density at radius 1 is 1.13 bits per heavy atom. The van der Waals surface area contributed by atoms with Crippen molar-refractivity contribution < 1.29 is 4.79 Å². The molecule has 1 aliphatic carbocycles. The van der Waals surface area contributed by atoms with Crippen molar-refractivity contribution in [3.05, 3.63) is 35.4 Å². The SMILES string of the molecule is CC(C)c1ccc(C2(C(=O)N3CCC(N)CC3)CCCC2)cc1. The van der Waals surface area contributed by atoms with E-state index in [0.717, 1.165) is 51.6 Å². The third-order valence-electron chi connectivity index (χ3n) is 5.82. The van der Waals surface area contributed by atoms with Crippen LogP contribution in [-0.4, -0.2) is 29.9 Å². The lowest BCUT2D eigenvalue weighted by molar-refractivity contribution is -0.138. The number of amides is 1. The molecule has 2 fully saturated rings. The predicted molar refractivity (Wildman–Crippen MR) is 94.5 cm³/mol. The molecule has 0 spiro atoms. The number of carbonyl (C=O) groups is 1. The minimum atomic E-state index is -0.281. The standard InChI is InChI=1S/C20H30N2O/c1-15(2)16-5-7-17(8-6-16)20(11-3-4-12-20)19(23)22-13-9-18(21)10-14-22/h5-8,15,18H,3-4,9-14,21H2,1-2H3. The molecule has 3 heteroatoms. The molecule has 0 atom stereocenters. The third-order valence-corrected chi connectivity index (χ3v) is 5.82. The monoisotopic (exact) mass is 314 g/mol. The molecule has 1 saturated carbocycles. The summed E-state index contributed by atoms with van der Waals surface area (Å²) in [6, 6.07) is 9.09. The van der Waals surface area contributed by atoms with Crippen molar-refractivity contribution in [2.45, 2.75) is 69.7 Å². The smallest absolute Gasteiger partial charge is 0.233 e. The summed E-state index contributed by atoms with van der Waals surface area (Å²) in [5.74, 6) is 0.877. The first-order valence-corrected chi connectivity index (χ1v) is 9.18. The van der Waals surface area contributed by atoms with E-state index < -0.39 is 0 Å². The van der Waals surface area contributed by atoms with Crippen molar-refractivity contribution in [2.75, 3.05) is 13.1 Å². The lowest BCUT2D eigenvalue weighted by Gasteiger charge is -2.38. The summed E-state index contributed by atoms with van der Waals surface area (Å²) in [6.45, 7) is 6.07. The molecule has 0 radical (unpaired) electrons. The van der Waals surface area contributed by atoms with Gasteiger partial charge in [-0.05, 0) is 42.7 Å². The third kappa shape index (κ3) is 3.16. The number of likely N-dealkylation sites (tertiary alicyclic amines) is 1. The van der Waals surface area contributed by atoms with E-state index in [4.69, 9.17) is 5.73 Å². The topological polar surface area (TPSA) is 46.3 Å². The first-order chi connectivity index (χ1) is 11.0. The number of hydrogen-bond acceptors (Lipinski definition) is 2. The zero-order valence-electron chi connectivity index (χ0n) is 14.6. The van der Waals surface area contributed by atoms with Gasteiger partial charge in [0.25, 0.3) is 0 Å². The molecule has 23 heavy (non-hydrogen) atoms. The average Bonchev–Trinajstić information content (AvgIpc) is 3.06. The van der Waals surface area contributed by atoms with Crippen LogP contribution < -0.4 is 5.73 Å². The molecule has 1 heterocycles. The van der Waals surface area contributed by atoms with Crippen LogP contribution in [0.1, 0.15) is 69.4 Å². The van der Waals surface area contributed by atoms with E-state index in [1.807, 2.05) is 0 Å². The van der Waals surface area contributed by atoms with Crippen molar-refractivity contribution in [1.29, 1.82) is 0 Å². The fraction of sp³-hybridized carbons (Fsp3) is 0.650. The second-order valence-corrected chi connectivity index (χ2v) is 7.70. The predicted octanol–water partition coefficient (Wildman–Crippen LogP) is 3.57. The molecule has 0 unspecified atom stereocenters. The lowest BCUT2D eigenvalue weighted by Crippen LogP contribution is -2.50. The zero-order chi connectivity index (χ0) is 16.4. The Balaban J connectivity index is 1.85. The fourth-order valence-corrected chi connectivity index (χ4v) is 4.20. The Morgan fingerprint density at radius 2 is 1.70 bits per heavy atom. The Kier molecular flexibility index (Phi) is 4.77. The van der Waals surface area contributed by atoms with E-state index in [9.17, 15) is 4.79 Å². The van der Waals surface area contributed by atoms with Gasteiger partial charge in [-0.15, -0.1) is 0 Å². The lowest BCUT2D eigenvalue weighted by atomic mass is 9.76. The number of hydrogen-bond donors (Lipinski definition) is 1.